The van der Waals surface area contributed by atoms with Gasteiger partial charge >= 0.3 is 0 Å². The summed E-state index contributed by atoms with van der Waals surface area (Å²) in [6.45, 7) is 2.01. The Labute approximate surface area is 286 Å². The first-order valence-corrected chi connectivity index (χ1v) is 16.6. The highest BCUT2D eigenvalue weighted by molar-refractivity contribution is 6.23. The third kappa shape index (κ3) is 5.49. The van der Waals surface area contributed by atoms with Gasteiger partial charge in [0.15, 0.2) is 0 Å². The van der Waals surface area contributed by atoms with Crippen LogP contribution in [0.25, 0.3) is 21.9 Å². The van der Waals surface area contributed by atoms with Crippen molar-refractivity contribution in [1.29, 1.82) is 0 Å². The minimum absolute atomic E-state index is 0.0666. The molecule has 4 amide bonds. The Morgan fingerprint density at radius 1 is 0.880 bits per heavy atom. The highest BCUT2D eigenvalue weighted by Gasteiger charge is 2.44. The number of methoxy groups -OCH3 is 2. The van der Waals surface area contributed by atoms with Gasteiger partial charge in [0.2, 0.25) is 11.8 Å². The van der Waals surface area contributed by atoms with E-state index in [1.165, 1.54) is 0 Å². The van der Waals surface area contributed by atoms with Crippen LogP contribution in [-0.4, -0.2) is 76.7 Å². The number of carbonyl (C=O) groups is 4. The predicted octanol–water partition coefficient (Wildman–Crippen LogP) is 3.37. The smallest absolute Gasteiger partial charge is 0.262 e. The monoisotopic (exact) mass is 671 g/mol. The number of ether oxygens (including phenoxy) is 2. The largest absolute Gasteiger partial charge is 0.496 e. The number of likely N-dealkylation sites (tertiary alicyclic amines) is 1. The van der Waals surface area contributed by atoms with Gasteiger partial charge in [-0.3, -0.25) is 44.1 Å². The number of fused-ring (bicyclic) bond motifs is 2. The highest BCUT2D eigenvalue weighted by Crippen LogP contribution is 2.42. The molecule has 5 heterocycles. The van der Waals surface area contributed by atoms with Gasteiger partial charge in [-0.05, 0) is 66.6 Å². The van der Waals surface area contributed by atoms with E-state index in [1.54, 1.807) is 44.8 Å². The summed E-state index contributed by atoms with van der Waals surface area (Å²) >= 11 is 0. The Hall–Kier alpha value is -5.80. The van der Waals surface area contributed by atoms with Gasteiger partial charge in [0.25, 0.3) is 17.4 Å². The number of pyridine rings is 2. The molecule has 0 bridgehead atoms. The number of aromatic nitrogens is 2. The van der Waals surface area contributed by atoms with Crippen LogP contribution in [0.1, 0.15) is 69.1 Å². The number of aromatic amines is 1. The molecule has 12 heteroatoms. The zero-order valence-electron chi connectivity index (χ0n) is 27.5. The predicted molar refractivity (Wildman–Crippen MR) is 182 cm³/mol. The van der Waals surface area contributed by atoms with E-state index in [1.807, 2.05) is 18.2 Å². The molecular formula is C38H33N5O7. The van der Waals surface area contributed by atoms with Crippen molar-refractivity contribution in [3.8, 4) is 34.5 Å². The third-order valence-electron chi connectivity index (χ3n) is 9.92. The first-order valence-electron chi connectivity index (χ1n) is 16.6. The van der Waals surface area contributed by atoms with Crippen molar-refractivity contribution in [3.05, 3.63) is 87.1 Å². The lowest BCUT2D eigenvalue weighted by Gasteiger charge is -2.37. The minimum atomic E-state index is -1.01. The van der Waals surface area contributed by atoms with Crippen LogP contribution in [0.5, 0.6) is 11.5 Å². The molecule has 2 aromatic heterocycles. The van der Waals surface area contributed by atoms with Crippen molar-refractivity contribution in [2.24, 2.45) is 5.92 Å². The number of rotatable bonds is 7. The Morgan fingerprint density at radius 2 is 1.62 bits per heavy atom. The normalized spacial score (nSPS) is 19.2. The van der Waals surface area contributed by atoms with E-state index in [0.717, 1.165) is 45.5 Å². The van der Waals surface area contributed by atoms with Gasteiger partial charge in [-0.1, -0.05) is 11.8 Å². The Balaban J connectivity index is 0.969. The van der Waals surface area contributed by atoms with Crippen molar-refractivity contribution in [3.63, 3.8) is 0 Å². The fourth-order valence-corrected chi connectivity index (χ4v) is 7.05. The van der Waals surface area contributed by atoms with E-state index in [0.29, 0.717) is 48.0 Å². The molecule has 1 atom stereocenters. The van der Waals surface area contributed by atoms with Gasteiger partial charge < -0.3 is 14.5 Å². The van der Waals surface area contributed by atoms with Crippen LogP contribution in [0.2, 0.25) is 0 Å². The summed E-state index contributed by atoms with van der Waals surface area (Å²) in [6.07, 6.45) is 5.79. The van der Waals surface area contributed by atoms with Crippen molar-refractivity contribution < 1.29 is 28.7 Å². The molecule has 2 aromatic carbocycles. The second-order valence-corrected chi connectivity index (χ2v) is 13.2. The Bertz CT molecular complexity index is 2230. The van der Waals surface area contributed by atoms with Gasteiger partial charge in [-0.25, -0.2) is 0 Å². The van der Waals surface area contributed by atoms with Gasteiger partial charge in [0.1, 0.15) is 17.5 Å². The van der Waals surface area contributed by atoms with E-state index in [-0.39, 0.29) is 35.4 Å². The van der Waals surface area contributed by atoms with Gasteiger partial charge in [-0.15, -0.1) is 0 Å². The van der Waals surface area contributed by atoms with Crippen LogP contribution in [0, 0.1) is 17.8 Å². The number of benzene rings is 2. The molecule has 1 unspecified atom stereocenters. The molecule has 12 nitrogen and oxygen atoms in total. The molecule has 4 aromatic rings. The van der Waals surface area contributed by atoms with Gasteiger partial charge in [0, 0.05) is 67.1 Å². The highest BCUT2D eigenvalue weighted by atomic mass is 16.5. The number of nitrogens with one attached hydrogen (secondary N) is 2. The molecule has 1 aliphatic carbocycles. The maximum Gasteiger partial charge on any atom is 0.262 e. The number of amides is 4. The molecule has 1 saturated carbocycles. The first-order chi connectivity index (χ1) is 24.2. The number of hydrogen-bond donors (Lipinski definition) is 2. The number of piperidine rings is 1. The summed E-state index contributed by atoms with van der Waals surface area (Å²) in [4.78, 5) is 73.3. The van der Waals surface area contributed by atoms with Gasteiger partial charge in [0.05, 0.1) is 36.3 Å². The molecular weight excluding hydrogens is 638 g/mol. The average Bonchev–Trinajstić information content (AvgIpc) is 3.92. The second-order valence-electron chi connectivity index (χ2n) is 13.2. The zero-order valence-corrected chi connectivity index (χ0v) is 27.5. The Morgan fingerprint density at radius 3 is 2.32 bits per heavy atom. The van der Waals surface area contributed by atoms with E-state index in [4.69, 9.17) is 9.47 Å². The SMILES string of the molecule is COc1cc(-c2c[nH]c(=O)c3cnc(C4CC4)cc23)cc(OC)c1CN1CC(C#Cc2ccc3c(c2)C(=O)N(C2CCC(=O)NC2=O)C3=O)C1. The second kappa shape index (κ2) is 12.3. The minimum Gasteiger partial charge on any atom is -0.496 e. The van der Waals surface area contributed by atoms with E-state index < -0.39 is 29.7 Å². The first kappa shape index (κ1) is 31.5. The van der Waals surface area contributed by atoms with Crippen LogP contribution in [-0.2, 0) is 16.1 Å². The summed E-state index contributed by atoms with van der Waals surface area (Å²) in [6, 6.07) is 9.83. The quantitative estimate of drug-likeness (QED) is 0.223. The van der Waals surface area contributed by atoms with Crippen molar-refractivity contribution in [2.45, 2.75) is 44.2 Å². The van der Waals surface area contributed by atoms with E-state index in [9.17, 15) is 24.0 Å². The molecule has 252 valence electrons. The average molecular weight is 672 g/mol. The summed E-state index contributed by atoms with van der Waals surface area (Å²) in [5.74, 6) is 6.17. The summed E-state index contributed by atoms with van der Waals surface area (Å²) < 4.78 is 11.7. The summed E-state index contributed by atoms with van der Waals surface area (Å²) in [7, 11) is 3.26. The lowest BCUT2D eigenvalue weighted by atomic mass is 9.96. The topological polar surface area (TPSA) is 151 Å². The molecule has 4 aliphatic rings. The fourth-order valence-electron chi connectivity index (χ4n) is 7.05. The van der Waals surface area contributed by atoms with Crippen LogP contribution in [0.15, 0.2) is 53.6 Å². The standard InChI is InChI=1S/C38H33N5O7/c1-49-32-12-23(27-15-40-35(45)28-16-39-30(14-25(27)28)22-6-7-22)13-33(50-2)29(32)19-42-17-21(18-42)4-3-20-5-8-24-26(11-20)38(48)43(37(24)47)31-9-10-34(44)41-36(31)46/h5,8,11-16,21-22,31H,6-7,9-10,17-19H2,1-2H3,(H,40,45)(H,41,44,46). The molecule has 2 N–H and O–H groups in total. The zero-order chi connectivity index (χ0) is 34.7. The van der Waals surface area contributed by atoms with Crippen LogP contribution < -0.4 is 20.3 Å². The summed E-state index contributed by atoms with van der Waals surface area (Å²) in [5, 5.41) is 3.59. The lowest BCUT2D eigenvalue weighted by molar-refractivity contribution is -0.136. The van der Waals surface area contributed by atoms with Crippen molar-refractivity contribution in [1.82, 2.24) is 25.1 Å². The molecule has 0 radical (unpaired) electrons. The molecule has 50 heavy (non-hydrogen) atoms. The molecule has 0 spiro atoms. The van der Waals surface area contributed by atoms with E-state index >= 15 is 0 Å². The molecule has 8 rings (SSSR count). The number of nitrogens with zero attached hydrogens (tertiary/aromatic N) is 3. The molecule has 3 fully saturated rings. The maximum atomic E-state index is 13.2. The van der Waals surface area contributed by atoms with E-state index in [2.05, 4.69) is 32.0 Å². The fraction of sp³-hybridized carbons (Fsp3) is 0.316. The Kier molecular flexibility index (Phi) is 7.72. The lowest BCUT2D eigenvalue weighted by Crippen LogP contribution is -2.54. The van der Waals surface area contributed by atoms with Crippen molar-refractivity contribution >= 4 is 34.4 Å². The summed E-state index contributed by atoms with van der Waals surface area (Å²) in [5.41, 5.74) is 4.49. The number of H-pyrrole nitrogens is 1. The van der Waals surface area contributed by atoms with Crippen molar-refractivity contribution in [2.75, 3.05) is 27.3 Å². The number of carbonyl (C=O) groups excluding carboxylic acids is 4. The maximum absolute atomic E-state index is 13.2. The number of hydrogen-bond acceptors (Lipinski definition) is 9. The van der Waals surface area contributed by atoms with Crippen LogP contribution in [0.3, 0.4) is 0 Å². The number of imide groups is 2. The van der Waals surface area contributed by atoms with Gasteiger partial charge in [-0.2, -0.15) is 0 Å². The van der Waals surface area contributed by atoms with Crippen LogP contribution >= 0.6 is 0 Å². The molecule has 3 aliphatic heterocycles. The van der Waals surface area contributed by atoms with Crippen LogP contribution in [0.4, 0.5) is 0 Å². The molecule has 2 saturated heterocycles. The third-order valence-corrected chi connectivity index (χ3v) is 9.92.